The molecule has 0 atom stereocenters. The van der Waals surface area contributed by atoms with E-state index in [-0.39, 0.29) is 11.6 Å². The van der Waals surface area contributed by atoms with Crippen molar-refractivity contribution in [3.8, 4) is 0 Å². The van der Waals surface area contributed by atoms with E-state index in [0.29, 0.717) is 0 Å². The minimum absolute atomic E-state index is 0.251. The molecule has 5 heteroatoms. The largest absolute Gasteiger partial charge is 0.377 e. The Hall–Kier alpha value is -2.98. The average molecular weight is 468 g/mol. The molecule has 0 aliphatic heterocycles. The number of hydrogen-bond donors (Lipinski definition) is 0. The Bertz CT molecular complexity index is 1130. The van der Waals surface area contributed by atoms with Gasteiger partial charge in [0.15, 0.2) is 0 Å². The van der Waals surface area contributed by atoms with Crippen LogP contribution in [0.1, 0.15) is 30.4 Å². The van der Waals surface area contributed by atoms with Gasteiger partial charge < -0.3 is 4.90 Å². The van der Waals surface area contributed by atoms with E-state index in [1.54, 1.807) is 24.3 Å². The van der Waals surface area contributed by atoms with Gasteiger partial charge in [-0.05, 0) is 90.6 Å². The van der Waals surface area contributed by atoms with Crippen molar-refractivity contribution < 1.29 is 13.4 Å². The van der Waals surface area contributed by atoms with Crippen LogP contribution in [-0.2, 0) is 0 Å². The van der Waals surface area contributed by atoms with Crippen LogP contribution >= 0.6 is 11.6 Å². The lowest BCUT2D eigenvalue weighted by molar-refractivity contribution is -0.463. The van der Waals surface area contributed by atoms with Gasteiger partial charge in [-0.3, -0.25) is 0 Å². The molecule has 0 spiro atoms. The fraction of sp³-hybridized carbons (Fsp3) is 0.250. The highest BCUT2D eigenvalue weighted by molar-refractivity contribution is 6.32. The van der Waals surface area contributed by atoms with Crippen molar-refractivity contribution in [3.05, 3.63) is 112 Å². The van der Waals surface area contributed by atoms with Gasteiger partial charge in [0.2, 0.25) is 5.71 Å². The van der Waals surface area contributed by atoms with Crippen LogP contribution in [0.25, 0.3) is 5.70 Å². The van der Waals surface area contributed by atoms with E-state index in [4.69, 9.17) is 11.6 Å². The van der Waals surface area contributed by atoms with Crippen LogP contribution in [0, 0.1) is 11.6 Å². The summed E-state index contributed by atoms with van der Waals surface area (Å²) in [6.07, 6.45) is 11.0. The Morgan fingerprint density at radius 3 is 2.03 bits per heavy atom. The lowest BCUT2D eigenvalue weighted by Crippen LogP contribution is -2.12. The minimum atomic E-state index is -0.251. The lowest BCUT2D eigenvalue weighted by Gasteiger charge is -2.19. The van der Waals surface area contributed by atoms with Gasteiger partial charge in [0.05, 0.1) is 0 Å². The first-order valence-corrected chi connectivity index (χ1v) is 11.4. The topological polar surface area (TPSA) is 6.25 Å². The third-order valence-corrected chi connectivity index (χ3v) is 6.07. The number of nitrogens with zero attached hydrogens (tertiary/aromatic N) is 2. The summed E-state index contributed by atoms with van der Waals surface area (Å²) in [6, 6.07) is 13.0. The van der Waals surface area contributed by atoms with Crippen LogP contribution in [0.3, 0.4) is 0 Å². The second kappa shape index (κ2) is 11.2. The van der Waals surface area contributed by atoms with E-state index in [1.807, 2.05) is 49.8 Å². The predicted octanol–water partition coefficient (Wildman–Crippen LogP) is 6.79. The van der Waals surface area contributed by atoms with E-state index in [2.05, 4.69) is 12.2 Å². The molecular weight excluding hydrogens is 438 g/mol. The van der Waals surface area contributed by atoms with Crippen molar-refractivity contribution in [2.45, 2.75) is 19.3 Å². The molecule has 0 N–H and O–H groups in total. The second-order valence-electron chi connectivity index (χ2n) is 8.46. The van der Waals surface area contributed by atoms with Crippen LogP contribution in [0.15, 0.2) is 89.0 Å². The highest BCUT2D eigenvalue weighted by atomic mass is 35.5. The molecule has 0 radical (unpaired) electrons. The fourth-order valence-electron chi connectivity index (χ4n) is 3.82. The van der Waals surface area contributed by atoms with E-state index >= 15 is 0 Å². The van der Waals surface area contributed by atoms with Crippen molar-refractivity contribution in [3.63, 3.8) is 0 Å². The van der Waals surface area contributed by atoms with Gasteiger partial charge in [0, 0.05) is 36.5 Å². The first-order chi connectivity index (χ1) is 15.8. The van der Waals surface area contributed by atoms with Gasteiger partial charge in [-0.1, -0.05) is 23.8 Å². The minimum Gasteiger partial charge on any atom is -0.377 e. The molecule has 3 rings (SSSR count). The monoisotopic (exact) mass is 467 g/mol. The number of rotatable bonds is 6. The summed E-state index contributed by atoms with van der Waals surface area (Å²) in [5.74, 6) is -0.501. The van der Waals surface area contributed by atoms with Crippen molar-refractivity contribution in [1.82, 2.24) is 4.90 Å². The summed E-state index contributed by atoms with van der Waals surface area (Å²) < 4.78 is 28.7. The zero-order chi connectivity index (χ0) is 24.0. The summed E-state index contributed by atoms with van der Waals surface area (Å²) in [4.78, 5) is 2.01. The third kappa shape index (κ3) is 6.52. The van der Waals surface area contributed by atoms with Crippen molar-refractivity contribution in [1.29, 1.82) is 0 Å². The van der Waals surface area contributed by atoms with E-state index in [1.165, 1.54) is 24.3 Å². The predicted molar refractivity (Wildman–Crippen MR) is 135 cm³/mol. The molecule has 2 aromatic rings. The summed E-state index contributed by atoms with van der Waals surface area (Å²) in [6.45, 7) is 0. The molecule has 172 valence electrons. The molecule has 0 amide bonds. The molecule has 2 nitrogen and oxygen atoms in total. The van der Waals surface area contributed by atoms with Gasteiger partial charge in [0.25, 0.3) is 0 Å². The van der Waals surface area contributed by atoms with Crippen LogP contribution < -0.4 is 0 Å². The maximum atomic E-state index is 13.3. The van der Waals surface area contributed by atoms with Gasteiger partial charge in [-0.2, -0.15) is 0 Å². The molecule has 0 heterocycles. The van der Waals surface area contributed by atoms with Crippen molar-refractivity contribution >= 4 is 23.0 Å². The smallest absolute Gasteiger partial charge is 0.206 e. The summed E-state index contributed by atoms with van der Waals surface area (Å²) in [7, 11) is 7.87. The molecule has 0 saturated carbocycles. The molecule has 33 heavy (non-hydrogen) atoms. The second-order valence-corrected chi connectivity index (χ2v) is 8.84. The lowest BCUT2D eigenvalue weighted by atomic mass is 9.93. The van der Waals surface area contributed by atoms with Crippen LogP contribution in [0.4, 0.5) is 8.78 Å². The number of allylic oxidation sites excluding steroid dienone is 7. The van der Waals surface area contributed by atoms with Gasteiger partial charge in [-0.25, -0.2) is 13.4 Å². The van der Waals surface area contributed by atoms with Crippen LogP contribution in [-0.4, -0.2) is 43.4 Å². The molecule has 0 bridgehead atoms. The SMILES string of the molecule is CN(C)/C(=C/C=C1\CCCC(/C=C/C(c2ccc(F)cc2)=[N+](C)C)=C1Cl)c1ccc(F)cc1. The molecule has 0 unspecified atom stereocenters. The van der Waals surface area contributed by atoms with Crippen LogP contribution in [0.5, 0.6) is 0 Å². The first kappa shape index (κ1) is 24.7. The maximum absolute atomic E-state index is 13.3. The molecule has 1 aliphatic rings. The Morgan fingerprint density at radius 2 is 1.48 bits per heavy atom. The Morgan fingerprint density at radius 1 is 0.909 bits per heavy atom. The first-order valence-electron chi connectivity index (χ1n) is 11.0. The molecule has 2 aromatic carbocycles. The van der Waals surface area contributed by atoms with Gasteiger partial charge in [-0.15, -0.1) is 0 Å². The Balaban J connectivity index is 1.91. The molecular formula is C28H30ClF2N2+. The number of halogens is 3. The fourth-order valence-corrected chi connectivity index (χ4v) is 4.13. The van der Waals surface area contributed by atoms with Gasteiger partial charge in [0.1, 0.15) is 25.7 Å². The third-order valence-electron chi connectivity index (χ3n) is 5.58. The molecule has 0 saturated heterocycles. The normalized spacial score (nSPS) is 16.0. The average Bonchev–Trinajstić information content (AvgIpc) is 2.78. The van der Waals surface area contributed by atoms with E-state index < -0.39 is 0 Å². The Labute approximate surface area is 200 Å². The van der Waals surface area contributed by atoms with E-state index in [0.717, 1.165) is 58.0 Å². The highest BCUT2D eigenvalue weighted by Gasteiger charge is 2.15. The van der Waals surface area contributed by atoms with Crippen molar-refractivity contribution in [2.24, 2.45) is 0 Å². The zero-order valence-electron chi connectivity index (χ0n) is 19.6. The van der Waals surface area contributed by atoms with Gasteiger partial charge >= 0.3 is 0 Å². The molecule has 1 aliphatic carbocycles. The van der Waals surface area contributed by atoms with Crippen molar-refractivity contribution in [2.75, 3.05) is 28.2 Å². The van der Waals surface area contributed by atoms with E-state index in [9.17, 15) is 8.78 Å². The molecule has 0 aromatic heterocycles. The Kier molecular flexibility index (Phi) is 8.40. The highest BCUT2D eigenvalue weighted by Crippen LogP contribution is 2.33. The quantitative estimate of drug-likeness (QED) is 0.335. The standard InChI is InChI=1S/C28H30ClF2N2/c1-32(2)26(20-8-14-24(30)15-9-20)18-12-22-6-5-7-23(28(22)29)13-19-27(33(3)4)21-10-16-25(31)17-11-21/h8-19H,5-7H2,1-4H3/q+1. The molecule has 0 fully saturated rings. The zero-order valence-corrected chi connectivity index (χ0v) is 20.3. The van der Waals surface area contributed by atoms with Crippen LogP contribution in [0.2, 0.25) is 0 Å². The summed E-state index contributed by atoms with van der Waals surface area (Å²) >= 11 is 6.80. The summed E-state index contributed by atoms with van der Waals surface area (Å²) in [5.41, 5.74) is 6.01. The number of hydrogen-bond acceptors (Lipinski definition) is 1. The maximum Gasteiger partial charge on any atom is 0.206 e. The number of benzene rings is 2. The summed E-state index contributed by atoms with van der Waals surface area (Å²) in [5, 5.41) is 0.767.